The molecule has 0 aliphatic rings. The number of nitrogens with zero attached hydrogens (tertiary/aromatic N) is 8. The maximum Gasteiger partial charge on any atom is 0.221 e. The van der Waals surface area contributed by atoms with Crippen LogP contribution < -0.4 is 4.74 Å². The van der Waals surface area contributed by atoms with Crippen LogP contribution in [0.3, 0.4) is 0 Å². The third kappa shape index (κ3) is 4.69. The van der Waals surface area contributed by atoms with Gasteiger partial charge in [0.2, 0.25) is 11.6 Å². The first-order valence-electron chi connectivity index (χ1n) is 18.0. The van der Waals surface area contributed by atoms with Crippen molar-refractivity contribution in [2.24, 2.45) is 0 Å². The van der Waals surface area contributed by atoms with Gasteiger partial charge in [0, 0.05) is 24.5 Å². The molecule has 0 aliphatic carbocycles. The van der Waals surface area contributed by atoms with E-state index in [4.69, 9.17) is 24.7 Å². The van der Waals surface area contributed by atoms with Crippen LogP contribution in [-0.2, 0) is 10.8 Å². The predicted molar refractivity (Wildman–Crippen MR) is 212 cm³/mol. The lowest BCUT2D eigenvalue weighted by Crippen LogP contribution is -2.15. The molecular formula is C44H38N8O. The minimum absolute atomic E-state index is 0.0660. The van der Waals surface area contributed by atoms with Crippen LogP contribution in [0.2, 0.25) is 0 Å². The Kier molecular flexibility index (Phi) is 6.50. The molecular weight excluding hydrogens is 657 g/mol. The van der Waals surface area contributed by atoms with Crippen molar-refractivity contribution in [2.45, 2.75) is 52.4 Å². The molecule has 0 bridgehead atoms. The van der Waals surface area contributed by atoms with E-state index in [9.17, 15) is 0 Å². The molecule has 9 heteroatoms. The minimum Gasteiger partial charge on any atom is -0.457 e. The number of pyridine rings is 2. The highest BCUT2D eigenvalue weighted by atomic mass is 16.5. The second kappa shape index (κ2) is 11.0. The van der Waals surface area contributed by atoms with Gasteiger partial charge in [-0.25, -0.2) is 19.9 Å². The molecule has 0 saturated heterocycles. The molecule has 0 fully saturated rings. The van der Waals surface area contributed by atoms with Gasteiger partial charge < -0.3 is 4.74 Å². The number of fused-ring (bicyclic) bond motifs is 10. The van der Waals surface area contributed by atoms with Crippen LogP contribution in [0.4, 0.5) is 0 Å². The Morgan fingerprint density at radius 1 is 0.472 bits per heavy atom. The molecule has 0 spiro atoms. The molecule has 6 aromatic heterocycles. The molecule has 0 saturated carbocycles. The number of para-hydroxylation sites is 2. The summed E-state index contributed by atoms with van der Waals surface area (Å²) in [5, 5.41) is 0. The summed E-state index contributed by atoms with van der Waals surface area (Å²) in [6.45, 7) is 13.5. The van der Waals surface area contributed by atoms with Crippen molar-refractivity contribution in [3.63, 3.8) is 0 Å². The molecule has 0 atom stereocenters. The van der Waals surface area contributed by atoms with Crippen molar-refractivity contribution in [3.8, 4) is 22.9 Å². The van der Waals surface area contributed by atoms with E-state index >= 15 is 0 Å². The van der Waals surface area contributed by atoms with E-state index in [0.29, 0.717) is 11.5 Å². The number of benzene rings is 4. The highest BCUT2D eigenvalue weighted by Crippen LogP contribution is 2.37. The quantitative estimate of drug-likeness (QED) is 0.183. The lowest BCUT2D eigenvalue weighted by atomic mass is 9.85. The SMILES string of the molecule is CC(C)(C)c1ccccc1-n1c2cccnc2n2c3cc(Oc4ccc5nc6n(-c7ccccc7C(C)(C)C)c7cccnc7n6c5c4)ccc3nc12. The molecule has 10 rings (SSSR count). The van der Waals surface area contributed by atoms with Crippen molar-refractivity contribution in [1.82, 2.24) is 37.9 Å². The predicted octanol–water partition coefficient (Wildman–Crippen LogP) is 10.4. The number of imidazole rings is 4. The molecule has 53 heavy (non-hydrogen) atoms. The molecule has 0 aliphatic heterocycles. The maximum absolute atomic E-state index is 6.63. The fourth-order valence-corrected chi connectivity index (χ4v) is 7.83. The molecule has 6 heterocycles. The molecule has 0 unspecified atom stereocenters. The van der Waals surface area contributed by atoms with Gasteiger partial charge in [0.05, 0.1) is 44.5 Å². The van der Waals surface area contributed by atoms with Crippen LogP contribution in [0, 0.1) is 0 Å². The highest BCUT2D eigenvalue weighted by Gasteiger charge is 2.26. The fourth-order valence-electron chi connectivity index (χ4n) is 7.83. The molecule has 10 aromatic rings. The van der Waals surface area contributed by atoms with Crippen LogP contribution in [0.25, 0.3) is 67.3 Å². The zero-order valence-corrected chi connectivity index (χ0v) is 30.5. The molecule has 0 N–H and O–H groups in total. The topological polar surface area (TPSA) is 79.5 Å². The first-order chi connectivity index (χ1) is 25.6. The van der Waals surface area contributed by atoms with Gasteiger partial charge in [0.1, 0.15) is 11.5 Å². The van der Waals surface area contributed by atoms with E-state index in [2.05, 4.69) is 132 Å². The van der Waals surface area contributed by atoms with Gasteiger partial charge in [-0.3, -0.25) is 17.9 Å². The summed E-state index contributed by atoms with van der Waals surface area (Å²) in [4.78, 5) is 20.0. The second-order valence-electron chi connectivity index (χ2n) is 15.8. The average molecular weight is 695 g/mol. The smallest absolute Gasteiger partial charge is 0.221 e. The molecule has 0 amide bonds. The van der Waals surface area contributed by atoms with E-state index < -0.39 is 0 Å². The Bertz CT molecular complexity index is 2860. The third-order valence-electron chi connectivity index (χ3n) is 10.2. The standard InChI is InChI=1S/C44H38N8O/c1-43(2,3)29-13-7-9-15-33(29)49-35-17-11-23-45-39(35)51-37-25-27(19-21-31(37)47-41(49)51)53-28-20-22-32-38(26-28)52-40-36(18-12-24-46-40)50(42(52)48-32)34-16-10-8-14-30(34)44(4,5)6/h7-26H,1-6H3. The van der Waals surface area contributed by atoms with Crippen LogP contribution in [-0.4, -0.2) is 37.9 Å². The molecule has 260 valence electrons. The Hall–Kier alpha value is -6.48. The number of aromatic nitrogens is 8. The van der Waals surface area contributed by atoms with Crippen LogP contribution in [0.1, 0.15) is 52.7 Å². The Balaban J connectivity index is 1.12. The average Bonchev–Trinajstić information content (AvgIpc) is 3.87. The van der Waals surface area contributed by atoms with Crippen molar-refractivity contribution < 1.29 is 4.74 Å². The number of ether oxygens (including phenoxy) is 1. The molecule has 0 radical (unpaired) electrons. The minimum atomic E-state index is -0.0660. The van der Waals surface area contributed by atoms with Gasteiger partial charge in [-0.15, -0.1) is 0 Å². The summed E-state index contributed by atoms with van der Waals surface area (Å²) in [6, 6.07) is 37.4. The molecule has 4 aromatic carbocycles. The number of hydrogen-bond acceptors (Lipinski definition) is 5. The summed E-state index contributed by atoms with van der Waals surface area (Å²) < 4.78 is 15.4. The zero-order valence-electron chi connectivity index (χ0n) is 30.5. The summed E-state index contributed by atoms with van der Waals surface area (Å²) in [5.41, 5.74) is 11.8. The van der Waals surface area contributed by atoms with Crippen molar-refractivity contribution in [1.29, 1.82) is 0 Å². The largest absolute Gasteiger partial charge is 0.457 e. The van der Waals surface area contributed by atoms with Gasteiger partial charge in [0.25, 0.3) is 0 Å². The van der Waals surface area contributed by atoms with E-state index in [1.54, 1.807) is 0 Å². The monoisotopic (exact) mass is 694 g/mol. The van der Waals surface area contributed by atoms with E-state index in [0.717, 1.165) is 67.3 Å². The molecule has 9 nitrogen and oxygen atoms in total. The zero-order chi connectivity index (χ0) is 36.2. The van der Waals surface area contributed by atoms with Crippen molar-refractivity contribution >= 4 is 55.9 Å². The summed E-state index contributed by atoms with van der Waals surface area (Å²) in [6.07, 6.45) is 3.67. The van der Waals surface area contributed by atoms with Crippen LogP contribution >= 0.6 is 0 Å². The number of hydrogen-bond donors (Lipinski definition) is 0. The first-order valence-corrected chi connectivity index (χ1v) is 18.0. The Labute approximate surface area is 305 Å². The van der Waals surface area contributed by atoms with Crippen LogP contribution in [0.15, 0.2) is 122 Å². The van der Waals surface area contributed by atoms with Gasteiger partial charge in [0.15, 0.2) is 11.3 Å². The van der Waals surface area contributed by atoms with E-state index in [1.165, 1.54) is 11.1 Å². The van der Waals surface area contributed by atoms with Crippen molar-refractivity contribution in [2.75, 3.05) is 0 Å². The Morgan fingerprint density at radius 3 is 1.34 bits per heavy atom. The highest BCUT2D eigenvalue weighted by molar-refractivity contribution is 5.92. The van der Waals surface area contributed by atoms with Gasteiger partial charge in [-0.05, 0) is 82.6 Å². The summed E-state index contributed by atoms with van der Waals surface area (Å²) in [5.74, 6) is 3.02. The summed E-state index contributed by atoms with van der Waals surface area (Å²) >= 11 is 0. The van der Waals surface area contributed by atoms with Crippen LogP contribution in [0.5, 0.6) is 11.5 Å². The lowest BCUT2D eigenvalue weighted by Gasteiger charge is -2.23. The van der Waals surface area contributed by atoms with Gasteiger partial charge in [-0.2, -0.15) is 0 Å². The second-order valence-corrected chi connectivity index (χ2v) is 15.8. The van der Waals surface area contributed by atoms with E-state index in [-0.39, 0.29) is 10.8 Å². The van der Waals surface area contributed by atoms with E-state index in [1.807, 2.05) is 48.8 Å². The normalized spacial score (nSPS) is 12.7. The lowest BCUT2D eigenvalue weighted by molar-refractivity contribution is 0.484. The Morgan fingerprint density at radius 2 is 0.906 bits per heavy atom. The third-order valence-corrected chi connectivity index (χ3v) is 10.2. The summed E-state index contributed by atoms with van der Waals surface area (Å²) in [7, 11) is 0. The first kappa shape index (κ1) is 31.3. The van der Waals surface area contributed by atoms with Gasteiger partial charge in [-0.1, -0.05) is 77.9 Å². The maximum atomic E-state index is 6.63. The number of rotatable bonds is 4. The van der Waals surface area contributed by atoms with Gasteiger partial charge >= 0.3 is 0 Å². The fraction of sp³-hybridized carbons (Fsp3) is 0.182. The van der Waals surface area contributed by atoms with Crippen molar-refractivity contribution in [3.05, 3.63) is 133 Å².